The topological polar surface area (TPSA) is 61.4 Å². The molecule has 3 rings (SSSR count). The van der Waals surface area contributed by atoms with Crippen LogP contribution in [0.1, 0.15) is 63.9 Å². The van der Waals surface area contributed by atoms with Crippen LogP contribution in [0, 0.1) is 0 Å². The number of nitrogens with zero attached hydrogens (tertiary/aromatic N) is 1. The first-order chi connectivity index (χ1) is 16.3. The van der Waals surface area contributed by atoms with E-state index in [9.17, 15) is 35.9 Å². The van der Waals surface area contributed by atoms with Crippen molar-refractivity contribution in [3.05, 3.63) is 58.7 Å². The molecule has 1 fully saturated rings. The molecule has 1 saturated carbocycles. The van der Waals surface area contributed by atoms with Gasteiger partial charge >= 0.3 is 12.4 Å². The number of carbonyl (C=O) groups excluding carboxylic acids is 2. The van der Waals surface area contributed by atoms with E-state index in [1.807, 2.05) is 0 Å². The van der Waals surface area contributed by atoms with Gasteiger partial charge < -0.3 is 15.5 Å². The lowest BCUT2D eigenvalue weighted by Gasteiger charge is -2.24. The van der Waals surface area contributed by atoms with E-state index in [0.717, 1.165) is 32.1 Å². The van der Waals surface area contributed by atoms with Crippen molar-refractivity contribution in [1.29, 1.82) is 0 Å². The Hall–Kier alpha value is -3.24. The second-order valence-electron chi connectivity index (χ2n) is 8.68. The molecule has 0 saturated heterocycles. The normalized spacial score (nSPS) is 15.0. The third-order valence-electron chi connectivity index (χ3n) is 5.77. The zero-order valence-corrected chi connectivity index (χ0v) is 19.1. The van der Waals surface area contributed by atoms with Crippen LogP contribution in [-0.2, 0) is 12.4 Å². The average Bonchev–Trinajstić information content (AvgIpc) is 2.78. The highest BCUT2D eigenvalue weighted by Crippen LogP contribution is 2.36. The molecule has 2 N–H and O–H groups in total. The third-order valence-corrected chi connectivity index (χ3v) is 5.77. The molecule has 5 nitrogen and oxygen atoms in total. The summed E-state index contributed by atoms with van der Waals surface area (Å²) < 4.78 is 78.8. The summed E-state index contributed by atoms with van der Waals surface area (Å²) in [6.07, 6.45) is -5.37. The Morgan fingerprint density at radius 1 is 0.829 bits per heavy atom. The average molecular weight is 501 g/mol. The zero-order valence-electron chi connectivity index (χ0n) is 19.1. The predicted molar refractivity (Wildman–Crippen MR) is 120 cm³/mol. The second kappa shape index (κ2) is 10.2. The monoisotopic (exact) mass is 501 g/mol. The number of benzene rings is 2. The minimum absolute atomic E-state index is 0.00964. The van der Waals surface area contributed by atoms with Crippen LogP contribution in [0.5, 0.6) is 0 Å². The van der Waals surface area contributed by atoms with Gasteiger partial charge in [-0.1, -0.05) is 19.3 Å². The summed E-state index contributed by atoms with van der Waals surface area (Å²) in [7, 11) is 3.43. The summed E-state index contributed by atoms with van der Waals surface area (Å²) in [6, 6.07) is 4.99. The molecule has 1 aliphatic rings. The Balaban J connectivity index is 1.90. The van der Waals surface area contributed by atoms with E-state index in [2.05, 4.69) is 10.6 Å². The van der Waals surface area contributed by atoms with Crippen LogP contribution < -0.4 is 15.5 Å². The molecular weight excluding hydrogens is 476 g/mol. The molecular formula is C24H25F6N3O2. The molecule has 0 aromatic heterocycles. The third kappa shape index (κ3) is 6.67. The van der Waals surface area contributed by atoms with Gasteiger partial charge in [-0.05, 0) is 49.2 Å². The molecule has 11 heteroatoms. The second-order valence-corrected chi connectivity index (χ2v) is 8.68. The molecule has 190 valence electrons. The van der Waals surface area contributed by atoms with Crippen molar-refractivity contribution in [2.45, 2.75) is 50.5 Å². The SMILES string of the molecule is CN(C)c1ccc(NC(=O)c2cc(C(F)(F)F)cc(C(F)(F)F)c2)cc1C(=O)NC1CCCCC1. The molecule has 1 aliphatic carbocycles. The van der Waals surface area contributed by atoms with E-state index in [1.165, 1.54) is 12.1 Å². The molecule has 0 atom stereocenters. The maximum Gasteiger partial charge on any atom is 0.416 e. The van der Waals surface area contributed by atoms with Crippen LogP contribution in [0.4, 0.5) is 37.7 Å². The van der Waals surface area contributed by atoms with E-state index in [-0.39, 0.29) is 29.3 Å². The van der Waals surface area contributed by atoms with E-state index in [4.69, 9.17) is 0 Å². The Morgan fingerprint density at radius 2 is 1.40 bits per heavy atom. The van der Waals surface area contributed by atoms with Crippen LogP contribution in [0.25, 0.3) is 0 Å². The Kier molecular flexibility index (Phi) is 7.66. The molecule has 0 unspecified atom stereocenters. The van der Waals surface area contributed by atoms with Gasteiger partial charge in [0.05, 0.1) is 16.7 Å². The first kappa shape index (κ1) is 26.4. The van der Waals surface area contributed by atoms with Gasteiger partial charge in [-0.3, -0.25) is 9.59 Å². The number of anilines is 2. The van der Waals surface area contributed by atoms with Gasteiger partial charge in [-0.25, -0.2) is 0 Å². The molecule has 0 heterocycles. The highest BCUT2D eigenvalue weighted by molar-refractivity contribution is 6.06. The Labute approximate surface area is 198 Å². The van der Waals surface area contributed by atoms with Gasteiger partial charge in [-0.2, -0.15) is 26.3 Å². The lowest BCUT2D eigenvalue weighted by molar-refractivity contribution is -0.143. The Morgan fingerprint density at radius 3 is 1.91 bits per heavy atom. The largest absolute Gasteiger partial charge is 0.416 e. The maximum absolute atomic E-state index is 13.1. The lowest BCUT2D eigenvalue weighted by Crippen LogP contribution is -2.36. The fourth-order valence-corrected chi connectivity index (χ4v) is 3.98. The van der Waals surface area contributed by atoms with Gasteiger partial charge in [0.1, 0.15) is 0 Å². The van der Waals surface area contributed by atoms with Crippen molar-refractivity contribution in [3.63, 3.8) is 0 Å². The Bertz CT molecular complexity index is 1060. The van der Waals surface area contributed by atoms with E-state index >= 15 is 0 Å². The van der Waals surface area contributed by atoms with Crippen molar-refractivity contribution < 1.29 is 35.9 Å². The first-order valence-electron chi connectivity index (χ1n) is 11.0. The quantitative estimate of drug-likeness (QED) is 0.487. The molecule has 0 bridgehead atoms. The lowest BCUT2D eigenvalue weighted by atomic mass is 9.95. The molecule has 2 aromatic carbocycles. The number of nitrogens with one attached hydrogen (secondary N) is 2. The van der Waals surface area contributed by atoms with Crippen LogP contribution in [0.2, 0.25) is 0 Å². The zero-order chi connectivity index (χ0) is 26.0. The minimum Gasteiger partial charge on any atom is -0.377 e. The number of alkyl halides is 6. The van der Waals surface area contributed by atoms with Crippen LogP contribution in [-0.4, -0.2) is 32.0 Å². The number of carbonyl (C=O) groups is 2. The van der Waals surface area contributed by atoms with Gasteiger partial charge in [0.25, 0.3) is 11.8 Å². The fourth-order valence-electron chi connectivity index (χ4n) is 3.98. The van der Waals surface area contributed by atoms with Crippen LogP contribution >= 0.6 is 0 Å². The molecule has 2 amide bonds. The molecule has 0 aliphatic heterocycles. The minimum atomic E-state index is -5.08. The molecule has 0 radical (unpaired) electrons. The standard InChI is InChI=1S/C24H25F6N3O2/c1-33(2)20-9-8-18(13-19(20)22(35)31-17-6-4-3-5-7-17)32-21(34)14-10-15(23(25,26)27)12-16(11-14)24(28,29)30/h8-13,17H,3-7H2,1-2H3,(H,31,35)(H,32,34). The van der Waals surface area contributed by atoms with Crippen molar-refractivity contribution in [1.82, 2.24) is 5.32 Å². The summed E-state index contributed by atoms with van der Waals surface area (Å²) >= 11 is 0. The highest BCUT2D eigenvalue weighted by Gasteiger charge is 2.37. The summed E-state index contributed by atoms with van der Waals surface area (Å²) in [5.74, 6) is -1.55. The number of rotatable bonds is 5. The highest BCUT2D eigenvalue weighted by atomic mass is 19.4. The summed E-state index contributed by atoms with van der Waals surface area (Å²) in [6.45, 7) is 0. The van der Waals surface area contributed by atoms with Crippen molar-refractivity contribution in [3.8, 4) is 0 Å². The smallest absolute Gasteiger partial charge is 0.377 e. The van der Waals surface area contributed by atoms with E-state index in [1.54, 1.807) is 25.1 Å². The summed E-state index contributed by atoms with van der Waals surface area (Å²) in [4.78, 5) is 27.3. The van der Waals surface area contributed by atoms with Crippen molar-refractivity contribution in [2.24, 2.45) is 0 Å². The summed E-state index contributed by atoms with van der Waals surface area (Å²) in [5, 5.41) is 5.27. The van der Waals surface area contributed by atoms with Crippen LogP contribution in [0.15, 0.2) is 36.4 Å². The first-order valence-corrected chi connectivity index (χ1v) is 11.0. The maximum atomic E-state index is 13.1. The van der Waals surface area contributed by atoms with Gasteiger partial charge in [0.2, 0.25) is 0 Å². The number of halogens is 6. The fraction of sp³-hybridized carbons (Fsp3) is 0.417. The van der Waals surface area contributed by atoms with Crippen molar-refractivity contribution >= 4 is 23.2 Å². The van der Waals surface area contributed by atoms with Crippen LogP contribution in [0.3, 0.4) is 0 Å². The molecule has 0 spiro atoms. The van der Waals surface area contributed by atoms with E-state index in [0.29, 0.717) is 17.8 Å². The predicted octanol–water partition coefficient (Wildman–Crippen LogP) is 6.11. The van der Waals surface area contributed by atoms with Crippen molar-refractivity contribution in [2.75, 3.05) is 24.3 Å². The molecule has 2 aromatic rings. The number of hydrogen-bond acceptors (Lipinski definition) is 3. The van der Waals surface area contributed by atoms with Gasteiger partial charge in [0, 0.05) is 37.1 Å². The molecule has 35 heavy (non-hydrogen) atoms. The number of amides is 2. The van der Waals surface area contributed by atoms with E-state index < -0.39 is 35.0 Å². The number of hydrogen-bond donors (Lipinski definition) is 2. The van der Waals surface area contributed by atoms with Gasteiger partial charge in [0.15, 0.2) is 0 Å². The summed E-state index contributed by atoms with van der Waals surface area (Å²) in [5.41, 5.74) is -3.17. The van der Waals surface area contributed by atoms with Gasteiger partial charge in [-0.15, -0.1) is 0 Å².